The minimum absolute atomic E-state index is 0.336. The van der Waals surface area contributed by atoms with Crippen LogP contribution in [0.2, 0.25) is 0 Å². The molecule has 2 unspecified atom stereocenters. The van der Waals surface area contributed by atoms with Crippen LogP contribution in [0, 0.1) is 0 Å². The van der Waals surface area contributed by atoms with E-state index in [0.717, 1.165) is 32.4 Å². The number of aliphatic hydroxyl groups is 1. The first-order valence-electron chi connectivity index (χ1n) is 6.04. The molecule has 4 heteroatoms. The summed E-state index contributed by atoms with van der Waals surface area (Å²) >= 11 is 0. The van der Waals surface area contributed by atoms with Crippen molar-refractivity contribution >= 4 is 0 Å². The summed E-state index contributed by atoms with van der Waals surface area (Å²) in [6.07, 6.45) is 2.87. The highest BCUT2D eigenvalue weighted by molar-refractivity contribution is 4.73. The van der Waals surface area contributed by atoms with Crippen LogP contribution in [0.1, 0.15) is 33.1 Å². The number of methoxy groups -OCH3 is 1. The number of ether oxygens (including phenoxy) is 1. The van der Waals surface area contributed by atoms with Gasteiger partial charge in [-0.15, -0.1) is 0 Å². The van der Waals surface area contributed by atoms with Gasteiger partial charge in [0.15, 0.2) is 0 Å². The molecule has 2 atom stereocenters. The molecule has 0 rings (SSSR count). The second-order valence-electron chi connectivity index (χ2n) is 4.94. The monoisotopic (exact) mass is 232 g/mol. The Kier molecular flexibility index (Phi) is 7.93. The minimum atomic E-state index is -0.698. The molecular formula is C12H28N2O2. The number of nitrogens with two attached hydrogens (primary N) is 1. The molecule has 98 valence electrons. The average Bonchev–Trinajstić information content (AvgIpc) is 2.24. The van der Waals surface area contributed by atoms with Crippen LogP contribution in [-0.2, 0) is 4.74 Å². The summed E-state index contributed by atoms with van der Waals surface area (Å²) in [6, 6.07) is 0.444. The van der Waals surface area contributed by atoms with Crippen molar-refractivity contribution < 1.29 is 9.84 Å². The van der Waals surface area contributed by atoms with Gasteiger partial charge in [-0.3, -0.25) is 0 Å². The van der Waals surface area contributed by atoms with Crippen LogP contribution in [0.4, 0.5) is 0 Å². The Morgan fingerprint density at radius 2 is 2.06 bits per heavy atom. The van der Waals surface area contributed by atoms with Crippen LogP contribution >= 0.6 is 0 Å². The van der Waals surface area contributed by atoms with Crippen molar-refractivity contribution in [2.24, 2.45) is 5.73 Å². The molecule has 0 saturated heterocycles. The van der Waals surface area contributed by atoms with Crippen molar-refractivity contribution in [1.82, 2.24) is 4.90 Å². The van der Waals surface area contributed by atoms with Gasteiger partial charge in [0.05, 0.1) is 12.2 Å². The summed E-state index contributed by atoms with van der Waals surface area (Å²) in [4.78, 5) is 2.28. The molecule has 0 bridgehead atoms. The smallest absolute Gasteiger partial charge is 0.0741 e. The molecule has 0 aromatic rings. The molecule has 0 aromatic carbocycles. The maximum absolute atomic E-state index is 9.72. The maximum atomic E-state index is 9.72. The van der Waals surface area contributed by atoms with Crippen LogP contribution in [-0.4, -0.2) is 55.5 Å². The zero-order valence-electron chi connectivity index (χ0n) is 11.2. The molecule has 0 fully saturated rings. The van der Waals surface area contributed by atoms with E-state index in [4.69, 9.17) is 10.5 Å². The van der Waals surface area contributed by atoms with Crippen LogP contribution < -0.4 is 5.73 Å². The first-order valence-corrected chi connectivity index (χ1v) is 6.04. The summed E-state index contributed by atoms with van der Waals surface area (Å²) < 4.78 is 5.10. The van der Waals surface area contributed by atoms with Gasteiger partial charge in [0.1, 0.15) is 0 Å². The average molecular weight is 232 g/mol. The van der Waals surface area contributed by atoms with Gasteiger partial charge in [-0.05, 0) is 46.7 Å². The molecular weight excluding hydrogens is 204 g/mol. The molecule has 3 N–H and O–H groups in total. The third-order valence-electron chi connectivity index (χ3n) is 3.08. The van der Waals surface area contributed by atoms with E-state index in [0.29, 0.717) is 12.6 Å². The quantitative estimate of drug-likeness (QED) is 0.578. The van der Waals surface area contributed by atoms with E-state index in [-0.39, 0.29) is 0 Å². The van der Waals surface area contributed by atoms with Gasteiger partial charge in [0.25, 0.3) is 0 Å². The van der Waals surface area contributed by atoms with Crippen molar-refractivity contribution in [3.63, 3.8) is 0 Å². The maximum Gasteiger partial charge on any atom is 0.0741 e. The lowest BCUT2D eigenvalue weighted by atomic mass is 9.99. The molecule has 0 heterocycles. The molecule has 4 nitrogen and oxygen atoms in total. The van der Waals surface area contributed by atoms with Crippen molar-refractivity contribution in [2.75, 3.05) is 33.9 Å². The summed E-state index contributed by atoms with van der Waals surface area (Å²) in [7, 11) is 3.83. The topological polar surface area (TPSA) is 58.7 Å². The summed E-state index contributed by atoms with van der Waals surface area (Å²) in [5.41, 5.74) is 4.76. The van der Waals surface area contributed by atoms with Gasteiger partial charge in [-0.2, -0.15) is 0 Å². The van der Waals surface area contributed by atoms with Crippen molar-refractivity contribution in [2.45, 2.75) is 44.8 Å². The van der Waals surface area contributed by atoms with E-state index < -0.39 is 5.60 Å². The Morgan fingerprint density at radius 3 is 2.56 bits per heavy atom. The first kappa shape index (κ1) is 15.8. The molecule has 0 radical (unpaired) electrons. The SMILES string of the molecule is COCC(C)N(C)CCCCC(C)(O)CN. The number of hydrogen-bond acceptors (Lipinski definition) is 4. The lowest BCUT2D eigenvalue weighted by Gasteiger charge is -2.25. The van der Waals surface area contributed by atoms with E-state index in [2.05, 4.69) is 18.9 Å². The molecule has 16 heavy (non-hydrogen) atoms. The molecule has 0 amide bonds. The number of unbranched alkanes of at least 4 members (excludes halogenated alkanes) is 1. The van der Waals surface area contributed by atoms with Crippen LogP contribution in [0.25, 0.3) is 0 Å². The highest BCUT2D eigenvalue weighted by Crippen LogP contribution is 2.12. The van der Waals surface area contributed by atoms with Crippen LogP contribution in [0.15, 0.2) is 0 Å². The predicted octanol–water partition coefficient (Wildman–Crippen LogP) is 0.833. The fraction of sp³-hybridized carbons (Fsp3) is 1.00. The first-order chi connectivity index (χ1) is 7.43. The largest absolute Gasteiger partial charge is 0.389 e. The van der Waals surface area contributed by atoms with Gasteiger partial charge in [-0.1, -0.05) is 0 Å². The fourth-order valence-electron chi connectivity index (χ4n) is 1.56. The van der Waals surface area contributed by atoms with E-state index in [1.54, 1.807) is 14.0 Å². The lowest BCUT2D eigenvalue weighted by molar-refractivity contribution is 0.0554. The van der Waals surface area contributed by atoms with Gasteiger partial charge >= 0.3 is 0 Å². The summed E-state index contributed by atoms with van der Waals surface area (Å²) in [5.74, 6) is 0. The van der Waals surface area contributed by atoms with Crippen molar-refractivity contribution in [3.8, 4) is 0 Å². The van der Waals surface area contributed by atoms with E-state index >= 15 is 0 Å². The van der Waals surface area contributed by atoms with E-state index in [9.17, 15) is 5.11 Å². The molecule has 0 aliphatic carbocycles. The second-order valence-corrected chi connectivity index (χ2v) is 4.94. The molecule has 0 aliphatic heterocycles. The summed E-state index contributed by atoms with van der Waals surface area (Å²) in [5, 5.41) is 9.72. The fourth-order valence-corrected chi connectivity index (χ4v) is 1.56. The summed E-state index contributed by atoms with van der Waals surface area (Å²) in [6.45, 7) is 6.08. The van der Waals surface area contributed by atoms with Crippen LogP contribution in [0.5, 0.6) is 0 Å². The Balaban J connectivity index is 3.58. The van der Waals surface area contributed by atoms with Crippen molar-refractivity contribution in [3.05, 3.63) is 0 Å². The second kappa shape index (κ2) is 8.01. The molecule has 0 spiro atoms. The Morgan fingerprint density at radius 1 is 1.44 bits per heavy atom. The number of hydrogen-bond donors (Lipinski definition) is 2. The molecule has 0 aliphatic rings. The Hall–Kier alpha value is -0.160. The van der Waals surface area contributed by atoms with Crippen molar-refractivity contribution in [1.29, 1.82) is 0 Å². The van der Waals surface area contributed by atoms with Gasteiger partial charge in [-0.25, -0.2) is 0 Å². The number of nitrogens with zero attached hydrogens (tertiary/aromatic N) is 1. The minimum Gasteiger partial charge on any atom is -0.389 e. The standard InChI is InChI=1S/C12H28N2O2/c1-11(9-16-4)14(3)8-6-5-7-12(2,15)10-13/h11,15H,5-10,13H2,1-4H3. The Labute approximate surface area is 99.8 Å². The molecule has 0 saturated carbocycles. The number of likely N-dealkylation sites (N-methyl/N-ethyl adjacent to an activating group) is 1. The van der Waals surface area contributed by atoms with Gasteiger partial charge in [0.2, 0.25) is 0 Å². The zero-order valence-corrected chi connectivity index (χ0v) is 11.2. The third-order valence-corrected chi connectivity index (χ3v) is 3.08. The molecule has 0 aromatic heterocycles. The highest BCUT2D eigenvalue weighted by atomic mass is 16.5. The third kappa shape index (κ3) is 7.17. The van der Waals surface area contributed by atoms with Gasteiger partial charge in [0, 0.05) is 19.7 Å². The zero-order chi connectivity index (χ0) is 12.6. The van der Waals surface area contributed by atoms with E-state index in [1.807, 2.05) is 0 Å². The van der Waals surface area contributed by atoms with E-state index in [1.165, 1.54) is 0 Å². The van der Waals surface area contributed by atoms with Gasteiger partial charge < -0.3 is 20.5 Å². The Bertz CT molecular complexity index is 174. The highest BCUT2D eigenvalue weighted by Gasteiger charge is 2.17. The number of rotatable bonds is 9. The van der Waals surface area contributed by atoms with Crippen LogP contribution in [0.3, 0.4) is 0 Å². The predicted molar refractivity (Wildman–Crippen MR) is 67.5 cm³/mol. The normalized spacial score (nSPS) is 17.4. The lowest BCUT2D eigenvalue weighted by Crippen LogP contribution is -2.35.